The van der Waals surface area contributed by atoms with Crippen molar-refractivity contribution in [3.05, 3.63) is 0 Å². The molecule has 0 amide bonds. The molecule has 1 saturated heterocycles. The minimum atomic E-state index is -0.643. The summed E-state index contributed by atoms with van der Waals surface area (Å²) in [7, 11) is 0. The Labute approximate surface area is 173 Å². The molecule has 1 heterocycles. The van der Waals surface area contributed by atoms with Gasteiger partial charge in [0.2, 0.25) is 0 Å². The van der Waals surface area contributed by atoms with Gasteiger partial charge in [-0.05, 0) is 68.1 Å². The summed E-state index contributed by atoms with van der Waals surface area (Å²) in [5, 5.41) is 10.3. The maximum Gasteiger partial charge on any atom is 0.302 e. The van der Waals surface area contributed by atoms with Gasteiger partial charge in [-0.1, -0.05) is 20.8 Å². The van der Waals surface area contributed by atoms with Crippen molar-refractivity contribution in [1.29, 1.82) is 0 Å². The van der Waals surface area contributed by atoms with Crippen molar-refractivity contribution in [1.82, 2.24) is 0 Å². The zero-order valence-electron chi connectivity index (χ0n) is 18.3. The van der Waals surface area contributed by atoms with Crippen LogP contribution >= 0.6 is 0 Å². The van der Waals surface area contributed by atoms with Gasteiger partial charge in [0, 0.05) is 24.7 Å². The number of epoxide rings is 1. The second-order valence-electron chi connectivity index (χ2n) is 11.1. The standard InChI is InChI=1S/C24H36O5/c1-5-19(27)24-20(29-24)11-17-16-7-6-14-10-15(26)8-9-22(14,3)21(16)18(28-13(2)25)12-23(17,24)4/h14-18,20-21,26H,5-12H2,1-4H3/t14-,15-,16-,17-,18-,20-,21+,22-,23-,24-/m0/s1. The SMILES string of the molecule is CCC(=O)[C@]12O[C@H]1C[C@H]1[C@@H]3CC[C@H]4C[C@@H](O)CC[C@]4(C)[C@H]3[C@@H](OC(C)=O)C[C@@]12C. The number of aliphatic hydroxyl groups is 1. The van der Waals surface area contributed by atoms with Gasteiger partial charge in [-0.3, -0.25) is 9.59 Å². The van der Waals surface area contributed by atoms with E-state index in [0.29, 0.717) is 30.1 Å². The quantitative estimate of drug-likeness (QED) is 0.574. The van der Waals surface area contributed by atoms with Crippen LogP contribution in [-0.2, 0) is 19.1 Å². The second kappa shape index (κ2) is 6.29. The van der Waals surface area contributed by atoms with Gasteiger partial charge >= 0.3 is 5.97 Å². The topological polar surface area (TPSA) is 76.1 Å². The van der Waals surface area contributed by atoms with E-state index in [1.807, 2.05) is 6.92 Å². The number of carbonyl (C=O) groups is 2. The van der Waals surface area contributed by atoms with Gasteiger partial charge in [0.05, 0.1) is 12.2 Å². The van der Waals surface area contributed by atoms with Crippen LogP contribution in [0.5, 0.6) is 0 Å². The highest BCUT2D eigenvalue weighted by molar-refractivity contribution is 5.92. The Morgan fingerprint density at radius 2 is 1.93 bits per heavy atom. The molecule has 0 aromatic carbocycles. The van der Waals surface area contributed by atoms with Crippen LogP contribution in [0.4, 0.5) is 0 Å². The Morgan fingerprint density at radius 3 is 2.62 bits per heavy atom. The third-order valence-electron chi connectivity index (χ3n) is 10.0. The summed E-state index contributed by atoms with van der Waals surface area (Å²) in [4.78, 5) is 25.1. The summed E-state index contributed by atoms with van der Waals surface area (Å²) in [5.74, 6) is 1.74. The smallest absolute Gasteiger partial charge is 0.302 e. The van der Waals surface area contributed by atoms with Crippen LogP contribution in [0.3, 0.4) is 0 Å². The molecule has 0 bridgehead atoms. The maximum absolute atomic E-state index is 13.0. The summed E-state index contributed by atoms with van der Waals surface area (Å²) >= 11 is 0. The third kappa shape index (κ3) is 2.46. The number of fused-ring (bicyclic) bond motifs is 7. The number of carbonyl (C=O) groups excluding carboxylic acids is 2. The first kappa shape index (κ1) is 20.0. The van der Waals surface area contributed by atoms with Crippen molar-refractivity contribution >= 4 is 11.8 Å². The fourth-order valence-corrected chi connectivity index (χ4v) is 8.82. The van der Waals surface area contributed by atoms with Crippen molar-refractivity contribution in [3.8, 4) is 0 Å². The number of rotatable bonds is 3. The van der Waals surface area contributed by atoms with E-state index in [-0.39, 0.29) is 40.9 Å². The number of hydrogen-bond acceptors (Lipinski definition) is 5. The van der Waals surface area contributed by atoms with E-state index in [2.05, 4.69) is 13.8 Å². The first-order valence-corrected chi connectivity index (χ1v) is 11.7. The fourth-order valence-electron chi connectivity index (χ4n) is 8.82. The molecule has 29 heavy (non-hydrogen) atoms. The molecule has 4 aliphatic carbocycles. The van der Waals surface area contributed by atoms with Gasteiger partial charge in [0.15, 0.2) is 11.4 Å². The molecule has 0 spiro atoms. The van der Waals surface area contributed by atoms with Gasteiger partial charge in [-0.25, -0.2) is 0 Å². The van der Waals surface area contributed by atoms with Gasteiger partial charge < -0.3 is 14.6 Å². The van der Waals surface area contributed by atoms with E-state index in [1.54, 1.807) is 0 Å². The number of ether oxygens (including phenoxy) is 2. The zero-order valence-corrected chi connectivity index (χ0v) is 18.3. The fraction of sp³-hybridized carbons (Fsp3) is 0.917. The lowest BCUT2D eigenvalue weighted by molar-refractivity contribution is -0.205. The predicted octanol–water partition coefficient (Wildman–Crippen LogP) is 3.66. The van der Waals surface area contributed by atoms with Gasteiger partial charge in [0.25, 0.3) is 0 Å². The maximum atomic E-state index is 13.0. The van der Waals surface area contributed by atoms with Crippen LogP contribution in [0.1, 0.15) is 79.1 Å². The first-order valence-electron chi connectivity index (χ1n) is 11.7. The van der Waals surface area contributed by atoms with E-state index in [4.69, 9.17) is 9.47 Å². The number of hydrogen-bond donors (Lipinski definition) is 1. The molecule has 5 fully saturated rings. The van der Waals surface area contributed by atoms with Crippen LogP contribution in [0.15, 0.2) is 0 Å². The van der Waals surface area contributed by atoms with E-state index in [9.17, 15) is 14.7 Å². The van der Waals surface area contributed by atoms with Crippen LogP contribution in [0.25, 0.3) is 0 Å². The van der Waals surface area contributed by atoms with Crippen LogP contribution in [0.2, 0.25) is 0 Å². The minimum absolute atomic E-state index is 0.0559. The summed E-state index contributed by atoms with van der Waals surface area (Å²) < 4.78 is 12.2. The predicted molar refractivity (Wildman–Crippen MR) is 107 cm³/mol. The molecule has 4 saturated carbocycles. The molecule has 5 nitrogen and oxygen atoms in total. The van der Waals surface area contributed by atoms with E-state index >= 15 is 0 Å². The van der Waals surface area contributed by atoms with Gasteiger partial charge in [-0.15, -0.1) is 0 Å². The largest absolute Gasteiger partial charge is 0.462 e. The number of ketones is 1. The van der Waals surface area contributed by atoms with Crippen molar-refractivity contribution < 1.29 is 24.2 Å². The van der Waals surface area contributed by atoms with E-state index < -0.39 is 5.60 Å². The molecule has 0 unspecified atom stereocenters. The summed E-state index contributed by atoms with van der Waals surface area (Å²) in [6.45, 7) is 8.07. The average molecular weight is 405 g/mol. The van der Waals surface area contributed by atoms with Crippen LogP contribution in [-0.4, -0.2) is 40.8 Å². The molecule has 0 aromatic heterocycles. The van der Waals surface area contributed by atoms with E-state index in [0.717, 1.165) is 44.9 Å². The van der Waals surface area contributed by atoms with Gasteiger partial charge in [-0.2, -0.15) is 0 Å². The molecule has 1 aliphatic heterocycles. The lowest BCUT2D eigenvalue weighted by Gasteiger charge is -2.62. The molecular weight excluding hydrogens is 368 g/mol. The van der Waals surface area contributed by atoms with Crippen molar-refractivity contribution in [3.63, 3.8) is 0 Å². The van der Waals surface area contributed by atoms with Crippen molar-refractivity contribution in [2.45, 2.75) is 103 Å². The molecule has 1 N–H and O–H groups in total. The molecule has 0 radical (unpaired) electrons. The van der Waals surface area contributed by atoms with E-state index in [1.165, 1.54) is 6.92 Å². The highest BCUT2D eigenvalue weighted by Gasteiger charge is 2.81. The number of Topliss-reactive ketones (excluding diaryl/α,β-unsaturated/α-hetero) is 1. The number of aliphatic hydroxyl groups excluding tert-OH is 1. The molecule has 10 atom stereocenters. The highest BCUT2D eigenvalue weighted by atomic mass is 16.6. The lowest BCUT2D eigenvalue weighted by Crippen LogP contribution is -2.62. The monoisotopic (exact) mass is 404 g/mol. The molecule has 162 valence electrons. The average Bonchev–Trinajstić information content (AvgIpc) is 3.34. The van der Waals surface area contributed by atoms with Crippen LogP contribution in [0, 0.1) is 34.5 Å². The van der Waals surface area contributed by atoms with Crippen LogP contribution < -0.4 is 0 Å². The van der Waals surface area contributed by atoms with Gasteiger partial charge in [0.1, 0.15) is 6.10 Å². The highest BCUT2D eigenvalue weighted by Crippen LogP contribution is 2.74. The Kier molecular flexibility index (Phi) is 4.33. The summed E-state index contributed by atoms with van der Waals surface area (Å²) in [6.07, 6.45) is 6.87. The van der Waals surface area contributed by atoms with Crippen molar-refractivity contribution in [2.75, 3.05) is 0 Å². The third-order valence-corrected chi connectivity index (χ3v) is 10.0. The van der Waals surface area contributed by atoms with Crippen molar-refractivity contribution in [2.24, 2.45) is 34.5 Å². The lowest BCUT2D eigenvalue weighted by atomic mass is 9.43. The second-order valence-corrected chi connectivity index (χ2v) is 11.1. The summed E-state index contributed by atoms with van der Waals surface area (Å²) in [6, 6.07) is 0. The minimum Gasteiger partial charge on any atom is -0.462 e. The molecular formula is C24H36O5. The Bertz CT molecular complexity index is 735. The molecule has 5 aliphatic rings. The molecule has 5 heteroatoms. The zero-order chi connectivity index (χ0) is 20.8. The number of esters is 1. The Hall–Kier alpha value is -0.940. The Morgan fingerprint density at radius 1 is 1.17 bits per heavy atom. The first-order chi connectivity index (χ1) is 13.7. The normalized spacial score (nSPS) is 55.1. The summed E-state index contributed by atoms with van der Waals surface area (Å²) in [5.41, 5.74) is -0.793. The Balaban J connectivity index is 1.55. The molecule has 5 rings (SSSR count). The molecule has 0 aromatic rings.